The second kappa shape index (κ2) is 7.16. The summed E-state index contributed by atoms with van der Waals surface area (Å²) in [7, 11) is 2.66. The molecule has 0 heterocycles. The van der Waals surface area contributed by atoms with Gasteiger partial charge in [-0.05, 0) is 17.7 Å². The van der Waals surface area contributed by atoms with Crippen molar-refractivity contribution in [2.75, 3.05) is 20.8 Å². The topological polar surface area (TPSA) is 65.0 Å². The number of ether oxygens (including phenoxy) is 3. The molecule has 8 heteroatoms. The molecule has 0 amide bonds. The molecular formula is C13H15F3O5. The maximum absolute atomic E-state index is 13.0. The molecule has 0 aromatic heterocycles. The predicted octanol–water partition coefficient (Wildman–Crippen LogP) is 2.80. The summed E-state index contributed by atoms with van der Waals surface area (Å²) in [5.41, 5.74) is -0.189. The second-order valence-electron chi connectivity index (χ2n) is 4.05. The number of rotatable bonds is 7. The van der Waals surface area contributed by atoms with Crippen molar-refractivity contribution in [2.24, 2.45) is 0 Å². The molecule has 0 fully saturated rings. The van der Waals surface area contributed by atoms with Crippen LogP contribution >= 0.6 is 0 Å². The van der Waals surface area contributed by atoms with Gasteiger partial charge in [0, 0.05) is 0 Å². The number of aliphatic carboxylic acids is 1. The van der Waals surface area contributed by atoms with Gasteiger partial charge in [0.1, 0.15) is 0 Å². The lowest BCUT2D eigenvalue weighted by Gasteiger charge is -2.22. The van der Waals surface area contributed by atoms with E-state index in [-0.39, 0.29) is 17.1 Å². The van der Waals surface area contributed by atoms with E-state index in [9.17, 15) is 18.0 Å². The zero-order valence-electron chi connectivity index (χ0n) is 11.4. The molecule has 0 saturated carbocycles. The number of benzene rings is 1. The molecule has 0 bridgehead atoms. The first-order valence-electron chi connectivity index (χ1n) is 5.91. The number of carboxylic acids is 1. The summed E-state index contributed by atoms with van der Waals surface area (Å²) in [5, 5.41) is 8.45. The predicted molar refractivity (Wildman–Crippen MR) is 66.5 cm³/mol. The van der Waals surface area contributed by atoms with Crippen molar-refractivity contribution in [3.05, 3.63) is 23.8 Å². The maximum atomic E-state index is 13.0. The van der Waals surface area contributed by atoms with E-state index < -0.39 is 31.3 Å². The van der Waals surface area contributed by atoms with Gasteiger partial charge in [0.15, 0.2) is 17.6 Å². The fourth-order valence-electron chi connectivity index (χ4n) is 1.66. The van der Waals surface area contributed by atoms with Gasteiger partial charge in [0.2, 0.25) is 0 Å². The fourth-order valence-corrected chi connectivity index (χ4v) is 1.66. The van der Waals surface area contributed by atoms with Crippen molar-refractivity contribution < 1.29 is 37.3 Å². The van der Waals surface area contributed by atoms with E-state index in [0.29, 0.717) is 0 Å². The van der Waals surface area contributed by atoms with Gasteiger partial charge < -0.3 is 19.3 Å². The van der Waals surface area contributed by atoms with E-state index >= 15 is 0 Å². The lowest BCUT2D eigenvalue weighted by molar-refractivity contribution is -0.224. The van der Waals surface area contributed by atoms with Crippen molar-refractivity contribution >= 4 is 5.97 Å². The molecule has 0 radical (unpaired) electrons. The van der Waals surface area contributed by atoms with Crippen LogP contribution in [-0.2, 0) is 9.53 Å². The van der Waals surface area contributed by atoms with Gasteiger partial charge in [0.25, 0.3) is 0 Å². The Bertz CT molecular complexity index is 487. The van der Waals surface area contributed by atoms with Crippen LogP contribution in [0.15, 0.2) is 18.2 Å². The highest BCUT2D eigenvalue weighted by molar-refractivity contribution is 5.66. The third-order valence-corrected chi connectivity index (χ3v) is 2.61. The van der Waals surface area contributed by atoms with E-state index in [1.807, 2.05) is 0 Å². The van der Waals surface area contributed by atoms with E-state index in [1.54, 1.807) is 0 Å². The van der Waals surface area contributed by atoms with Crippen molar-refractivity contribution in [1.29, 1.82) is 0 Å². The first-order valence-corrected chi connectivity index (χ1v) is 5.91. The molecule has 0 unspecified atom stereocenters. The first kappa shape index (κ1) is 17.1. The Labute approximate surface area is 119 Å². The third kappa shape index (κ3) is 4.82. The Hall–Kier alpha value is -1.96. The Kier molecular flexibility index (Phi) is 5.83. The van der Waals surface area contributed by atoms with Crippen molar-refractivity contribution in [3.63, 3.8) is 0 Å². The summed E-state index contributed by atoms with van der Waals surface area (Å²) in [4.78, 5) is 10.4. The summed E-state index contributed by atoms with van der Waals surface area (Å²) >= 11 is 0. The molecule has 1 N–H and O–H groups in total. The smallest absolute Gasteiger partial charge is 0.418 e. The van der Waals surface area contributed by atoms with Crippen LogP contribution in [0, 0.1) is 0 Å². The quantitative estimate of drug-likeness (QED) is 0.839. The highest BCUT2D eigenvalue weighted by atomic mass is 19.4. The van der Waals surface area contributed by atoms with E-state index in [1.165, 1.54) is 26.4 Å². The van der Waals surface area contributed by atoms with Gasteiger partial charge in [0.05, 0.1) is 27.2 Å². The molecule has 0 aliphatic carbocycles. The zero-order chi connectivity index (χ0) is 16.0. The van der Waals surface area contributed by atoms with Crippen LogP contribution in [-0.4, -0.2) is 38.1 Å². The molecule has 0 saturated heterocycles. The van der Waals surface area contributed by atoms with Gasteiger partial charge in [-0.1, -0.05) is 6.07 Å². The average molecular weight is 308 g/mol. The number of hydrogen-bond donors (Lipinski definition) is 1. The molecule has 5 nitrogen and oxygen atoms in total. The standard InChI is InChI=1S/C13H15F3O5/c1-19-9-4-3-8(7-10(9)20-2)12(13(14,15)16)21-6-5-11(17)18/h3-4,7,12H,5-6H2,1-2H3,(H,17,18)/t12-/m0/s1. The largest absolute Gasteiger partial charge is 0.493 e. The van der Waals surface area contributed by atoms with Gasteiger partial charge in [-0.25, -0.2) is 0 Å². The molecule has 0 spiro atoms. The van der Waals surface area contributed by atoms with Gasteiger partial charge >= 0.3 is 12.1 Å². The van der Waals surface area contributed by atoms with Crippen LogP contribution < -0.4 is 9.47 Å². The van der Waals surface area contributed by atoms with E-state index in [4.69, 9.17) is 14.6 Å². The van der Waals surface area contributed by atoms with Crippen molar-refractivity contribution in [2.45, 2.75) is 18.7 Å². The minimum atomic E-state index is -4.67. The minimum Gasteiger partial charge on any atom is -0.493 e. The van der Waals surface area contributed by atoms with Gasteiger partial charge in [-0.2, -0.15) is 13.2 Å². The number of methoxy groups -OCH3 is 2. The second-order valence-corrected chi connectivity index (χ2v) is 4.05. The Morgan fingerprint density at radius 2 is 1.86 bits per heavy atom. The number of alkyl halides is 3. The van der Waals surface area contributed by atoms with E-state index in [2.05, 4.69) is 4.74 Å². The highest BCUT2D eigenvalue weighted by Gasteiger charge is 2.42. The number of carbonyl (C=O) groups is 1. The number of halogens is 3. The Balaban J connectivity index is 3.00. The molecule has 118 valence electrons. The fraction of sp³-hybridized carbons (Fsp3) is 0.462. The monoisotopic (exact) mass is 308 g/mol. The molecular weight excluding hydrogens is 293 g/mol. The summed E-state index contributed by atoms with van der Waals surface area (Å²) < 4.78 is 53.6. The Morgan fingerprint density at radius 1 is 1.24 bits per heavy atom. The molecule has 21 heavy (non-hydrogen) atoms. The van der Waals surface area contributed by atoms with Crippen molar-refractivity contribution in [1.82, 2.24) is 0 Å². The summed E-state index contributed by atoms with van der Waals surface area (Å²) in [6.07, 6.45) is -7.41. The SMILES string of the molecule is COc1ccc([C@H](OCCC(=O)O)C(F)(F)F)cc1OC. The molecule has 1 aromatic carbocycles. The van der Waals surface area contributed by atoms with Crippen LogP contribution in [0.25, 0.3) is 0 Å². The van der Waals surface area contributed by atoms with Crippen LogP contribution in [0.4, 0.5) is 13.2 Å². The molecule has 0 aliphatic heterocycles. The molecule has 1 aromatic rings. The van der Waals surface area contributed by atoms with Crippen molar-refractivity contribution in [3.8, 4) is 11.5 Å². The first-order chi connectivity index (χ1) is 9.79. The lowest BCUT2D eigenvalue weighted by atomic mass is 10.1. The normalized spacial score (nSPS) is 12.8. The lowest BCUT2D eigenvalue weighted by Crippen LogP contribution is -2.24. The Morgan fingerprint density at radius 3 is 2.33 bits per heavy atom. The molecule has 1 atom stereocenters. The van der Waals surface area contributed by atoms with E-state index in [0.717, 1.165) is 6.07 Å². The average Bonchev–Trinajstić information content (AvgIpc) is 2.41. The van der Waals surface area contributed by atoms with Crippen LogP contribution in [0.3, 0.4) is 0 Å². The van der Waals surface area contributed by atoms with Crippen LogP contribution in [0.2, 0.25) is 0 Å². The number of hydrogen-bond acceptors (Lipinski definition) is 4. The van der Waals surface area contributed by atoms with Gasteiger partial charge in [-0.15, -0.1) is 0 Å². The van der Waals surface area contributed by atoms with Crippen LogP contribution in [0.5, 0.6) is 11.5 Å². The molecule has 0 aliphatic rings. The summed E-state index contributed by atoms with van der Waals surface area (Å²) in [6, 6.07) is 3.67. The summed E-state index contributed by atoms with van der Waals surface area (Å²) in [6.45, 7) is -0.548. The zero-order valence-corrected chi connectivity index (χ0v) is 11.4. The van der Waals surface area contributed by atoms with Gasteiger partial charge in [-0.3, -0.25) is 4.79 Å². The minimum absolute atomic E-state index is 0.131. The van der Waals surface area contributed by atoms with Crippen LogP contribution in [0.1, 0.15) is 18.1 Å². The third-order valence-electron chi connectivity index (χ3n) is 2.61. The highest BCUT2D eigenvalue weighted by Crippen LogP contribution is 2.39. The summed E-state index contributed by atoms with van der Waals surface area (Å²) in [5.74, 6) is -0.818. The number of carboxylic acid groups (broad SMARTS) is 1. The molecule has 1 rings (SSSR count). The maximum Gasteiger partial charge on any atom is 0.418 e.